The standard InChI is InChI=1S/C15H14O6/c16-8-3-1-7(2-4-8)14-13(20)11(18)9-5-6-10(17)12(19)15(9)21-14/h1-6,11,13-14,16-20H/t11-,13-,14-/m1/s1. The highest BCUT2D eigenvalue weighted by molar-refractivity contribution is 5.56. The van der Waals surface area contributed by atoms with E-state index in [9.17, 15) is 25.5 Å². The number of rotatable bonds is 1. The monoisotopic (exact) mass is 290 g/mol. The van der Waals surface area contributed by atoms with E-state index >= 15 is 0 Å². The van der Waals surface area contributed by atoms with Gasteiger partial charge in [-0.2, -0.15) is 0 Å². The molecule has 0 unspecified atom stereocenters. The molecule has 1 aliphatic heterocycles. The summed E-state index contributed by atoms with van der Waals surface area (Å²) in [5.74, 6) is -0.861. The summed E-state index contributed by atoms with van der Waals surface area (Å²) >= 11 is 0. The van der Waals surface area contributed by atoms with Gasteiger partial charge in [-0.15, -0.1) is 0 Å². The Bertz CT molecular complexity index is 667. The Hall–Kier alpha value is -2.44. The van der Waals surface area contributed by atoms with Crippen LogP contribution in [0, 0.1) is 0 Å². The first-order chi connectivity index (χ1) is 9.99. The predicted octanol–water partition coefficient (Wildman–Crippen LogP) is 1.33. The van der Waals surface area contributed by atoms with E-state index in [1.807, 2.05) is 0 Å². The number of fused-ring (bicyclic) bond motifs is 1. The fraction of sp³-hybridized carbons (Fsp3) is 0.200. The second kappa shape index (κ2) is 4.83. The number of phenols is 3. The molecule has 6 nitrogen and oxygen atoms in total. The molecule has 21 heavy (non-hydrogen) atoms. The second-order valence-corrected chi connectivity index (χ2v) is 4.92. The molecular formula is C15H14O6. The quantitative estimate of drug-likeness (QED) is 0.507. The zero-order valence-corrected chi connectivity index (χ0v) is 10.8. The SMILES string of the molecule is Oc1ccc([C@H]2Oc3c(ccc(O)c3O)[C@@H](O)[C@H]2O)cc1. The van der Waals surface area contributed by atoms with Gasteiger partial charge in [-0.1, -0.05) is 12.1 Å². The minimum Gasteiger partial charge on any atom is -0.508 e. The molecule has 2 aromatic carbocycles. The number of aliphatic hydroxyl groups is 2. The molecule has 2 aromatic rings. The summed E-state index contributed by atoms with van der Waals surface area (Å²) in [6, 6.07) is 8.53. The molecular weight excluding hydrogens is 276 g/mol. The number of ether oxygens (including phenoxy) is 1. The number of hydrogen-bond acceptors (Lipinski definition) is 6. The van der Waals surface area contributed by atoms with Gasteiger partial charge in [0.1, 0.15) is 18.0 Å². The van der Waals surface area contributed by atoms with Gasteiger partial charge < -0.3 is 30.3 Å². The van der Waals surface area contributed by atoms with E-state index in [1.54, 1.807) is 12.1 Å². The number of benzene rings is 2. The minimum atomic E-state index is -1.26. The summed E-state index contributed by atoms with van der Waals surface area (Å²) in [5, 5.41) is 49.0. The topological polar surface area (TPSA) is 110 Å². The van der Waals surface area contributed by atoms with Crippen LogP contribution in [0.25, 0.3) is 0 Å². The number of aromatic hydroxyl groups is 3. The largest absolute Gasteiger partial charge is 0.508 e. The average Bonchev–Trinajstić information content (AvgIpc) is 2.48. The van der Waals surface area contributed by atoms with Crippen LogP contribution in [-0.4, -0.2) is 31.6 Å². The fourth-order valence-electron chi connectivity index (χ4n) is 2.41. The maximum Gasteiger partial charge on any atom is 0.200 e. The van der Waals surface area contributed by atoms with Gasteiger partial charge in [0.25, 0.3) is 0 Å². The van der Waals surface area contributed by atoms with E-state index < -0.39 is 24.1 Å². The van der Waals surface area contributed by atoms with Crippen molar-refractivity contribution in [3.05, 3.63) is 47.5 Å². The molecule has 0 amide bonds. The molecule has 110 valence electrons. The highest BCUT2D eigenvalue weighted by atomic mass is 16.5. The summed E-state index contributed by atoms with van der Waals surface area (Å²) in [4.78, 5) is 0. The van der Waals surface area contributed by atoms with Crippen molar-refractivity contribution in [3.8, 4) is 23.0 Å². The minimum absolute atomic E-state index is 0.0606. The summed E-state index contributed by atoms with van der Waals surface area (Å²) in [5.41, 5.74) is 0.723. The van der Waals surface area contributed by atoms with Gasteiger partial charge in [-0.05, 0) is 29.8 Å². The van der Waals surface area contributed by atoms with Gasteiger partial charge >= 0.3 is 0 Å². The normalized spacial score (nSPS) is 24.2. The van der Waals surface area contributed by atoms with Gasteiger partial charge in [0.05, 0.1) is 0 Å². The smallest absolute Gasteiger partial charge is 0.200 e. The Labute approximate surface area is 120 Å². The van der Waals surface area contributed by atoms with Gasteiger partial charge in [0.15, 0.2) is 17.6 Å². The number of hydrogen-bond donors (Lipinski definition) is 5. The van der Waals surface area contributed by atoms with Gasteiger partial charge in [-0.3, -0.25) is 0 Å². The third-order valence-electron chi connectivity index (χ3n) is 3.56. The van der Waals surface area contributed by atoms with E-state index in [0.29, 0.717) is 5.56 Å². The average molecular weight is 290 g/mol. The van der Waals surface area contributed by atoms with Crippen LogP contribution in [0.2, 0.25) is 0 Å². The molecule has 0 bridgehead atoms. The molecule has 6 heteroatoms. The molecule has 0 aromatic heterocycles. The molecule has 0 radical (unpaired) electrons. The molecule has 0 fully saturated rings. The lowest BCUT2D eigenvalue weighted by Gasteiger charge is -2.34. The fourth-order valence-corrected chi connectivity index (χ4v) is 2.41. The van der Waals surface area contributed by atoms with Crippen molar-refractivity contribution >= 4 is 0 Å². The van der Waals surface area contributed by atoms with Crippen molar-refractivity contribution in [2.45, 2.75) is 18.3 Å². The van der Waals surface area contributed by atoms with Crippen molar-refractivity contribution in [3.63, 3.8) is 0 Å². The van der Waals surface area contributed by atoms with Gasteiger partial charge in [0.2, 0.25) is 5.75 Å². The van der Waals surface area contributed by atoms with E-state index in [-0.39, 0.29) is 22.8 Å². The lowest BCUT2D eigenvalue weighted by Crippen LogP contribution is -2.34. The second-order valence-electron chi connectivity index (χ2n) is 4.92. The lowest BCUT2D eigenvalue weighted by atomic mass is 9.92. The van der Waals surface area contributed by atoms with Crippen molar-refractivity contribution in [1.29, 1.82) is 0 Å². The van der Waals surface area contributed by atoms with Crippen LogP contribution in [0.4, 0.5) is 0 Å². The molecule has 3 atom stereocenters. The van der Waals surface area contributed by atoms with E-state index in [2.05, 4.69) is 0 Å². The maximum atomic E-state index is 10.2. The molecule has 1 heterocycles. The predicted molar refractivity (Wildman–Crippen MR) is 72.2 cm³/mol. The van der Waals surface area contributed by atoms with Crippen LogP contribution in [0.15, 0.2) is 36.4 Å². The van der Waals surface area contributed by atoms with Gasteiger partial charge in [0, 0.05) is 5.56 Å². The molecule has 0 spiro atoms. The maximum absolute atomic E-state index is 10.2. The summed E-state index contributed by atoms with van der Waals surface area (Å²) in [6.07, 6.45) is -3.44. The van der Waals surface area contributed by atoms with Crippen molar-refractivity contribution < 1.29 is 30.3 Å². The summed E-state index contributed by atoms with van der Waals surface area (Å²) in [6.45, 7) is 0. The first-order valence-corrected chi connectivity index (χ1v) is 6.35. The first kappa shape index (κ1) is 13.5. The molecule has 3 rings (SSSR count). The Kier molecular flexibility index (Phi) is 3.12. The Balaban J connectivity index is 2.06. The highest BCUT2D eigenvalue weighted by Crippen LogP contribution is 2.48. The van der Waals surface area contributed by atoms with Crippen LogP contribution in [-0.2, 0) is 0 Å². The van der Waals surface area contributed by atoms with Crippen LogP contribution in [0.3, 0.4) is 0 Å². The van der Waals surface area contributed by atoms with Crippen LogP contribution >= 0.6 is 0 Å². The molecule has 0 aliphatic carbocycles. The van der Waals surface area contributed by atoms with Gasteiger partial charge in [-0.25, -0.2) is 0 Å². The third kappa shape index (κ3) is 2.14. The van der Waals surface area contributed by atoms with E-state index in [0.717, 1.165) is 0 Å². The zero-order valence-electron chi connectivity index (χ0n) is 10.8. The van der Waals surface area contributed by atoms with E-state index in [4.69, 9.17) is 4.74 Å². The lowest BCUT2D eigenvalue weighted by molar-refractivity contribution is -0.0710. The van der Waals surface area contributed by atoms with Crippen molar-refractivity contribution in [1.82, 2.24) is 0 Å². The number of aliphatic hydroxyl groups excluding tert-OH is 2. The van der Waals surface area contributed by atoms with Crippen LogP contribution in [0.1, 0.15) is 23.3 Å². The molecule has 5 N–H and O–H groups in total. The van der Waals surface area contributed by atoms with Crippen LogP contribution in [0.5, 0.6) is 23.0 Å². The molecule has 0 saturated carbocycles. The Morgan fingerprint density at radius 3 is 2.19 bits per heavy atom. The summed E-state index contributed by atoms with van der Waals surface area (Å²) in [7, 11) is 0. The van der Waals surface area contributed by atoms with E-state index in [1.165, 1.54) is 24.3 Å². The zero-order chi connectivity index (χ0) is 15.1. The number of phenolic OH excluding ortho intramolecular Hbond substituents is 3. The molecule has 0 saturated heterocycles. The summed E-state index contributed by atoms with van der Waals surface area (Å²) < 4.78 is 5.55. The molecule has 1 aliphatic rings. The third-order valence-corrected chi connectivity index (χ3v) is 3.56. The Morgan fingerprint density at radius 2 is 1.52 bits per heavy atom. The highest BCUT2D eigenvalue weighted by Gasteiger charge is 2.39. The van der Waals surface area contributed by atoms with Crippen molar-refractivity contribution in [2.75, 3.05) is 0 Å². The van der Waals surface area contributed by atoms with Crippen molar-refractivity contribution in [2.24, 2.45) is 0 Å². The van der Waals surface area contributed by atoms with Crippen LogP contribution < -0.4 is 4.74 Å². The Morgan fingerprint density at radius 1 is 0.857 bits per heavy atom. The first-order valence-electron chi connectivity index (χ1n) is 6.35.